The van der Waals surface area contributed by atoms with Crippen molar-refractivity contribution in [3.05, 3.63) is 29.7 Å². The first-order valence-corrected chi connectivity index (χ1v) is 11.1. The fourth-order valence-electron chi connectivity index (χ4n) is 4.94. The van der Waals surface area contributed by atoms with Crippen LogP contribution in [0.2, 0.25) is 0 Å². The molecule has 3 heterocycles. The lowest BCUT2D eigenvalue weighted by Gasteiger charge is -2.22. The molecule has 6 nitrogen and oxygen atoms in total. The number of urea groups is 1. The summed E-state index contributed by atoms with van der Waals surface area (Å²) < 4.78 is 2.15. The van der Waals surface area contributed by atoms with Crippen molar-refractivity contribution in [2.24, 2.45) is 5.41 Å². The highest BCUT2D eigenvalue weighted by Gasteiger charge is 2.34. The third-order valence-electron chi connectivity index (χ3n) is 6.60. The van der Waals surface area contributed by atoms with E-state index in [1.807, 2.05) is 12.4 Å². The third-order valence-corrected chi connectivity index (χ3v) is 6.60. The van der Waals surface area contributed by atoms with Gasteiger partial charge in [0, 0.05) is 30.0 Å². The largest absolute Gasteiger partial charge is 0.335 e. The number of aromatic nitrogens is 3. The second kappa shape index (κ2) is 7.15. The van der Waals surface area contributed by atoms with Crippen molar-refractivity contribution in [1.29, 1.82) is 0 Å². The van der Waals surface area contributed by atoms with E-state index < -0.39 is 0 Å². The van der Waals surface area contributed by atoms with Crippen molar-refractivity contribution in [3.63, 3.8) is 0 Å². The Hall–Kier alpha value is -2.37. The molecule has 2 aromatic rings. The molecule has 5 rings (SSSR count). The standard InChI is InChI=1S/C23H31N5O/c1-23(2)11-20-19(13-25-28(20)14-23)17-10-21(24-12-18(17)15-8-9-15)27-22(29)26-16-6-4-3-5-7-16/h10,12-13,15-16H,3-9,11,14H2,1-2H3,(H2,24,26,27,29). The Kier molecular flexibility index (Phi) is 4.60. The van der Waals surface area contributed by atoms with E-state index >= 15 is 0 Å². The first-order chi connectivity index (χ1) is 14.0. The molecule has 0 spiro atoms. The van der Waals surface area contributed by atoms with E-state index in [0.29, 0.717) is 11.7 Å². The van der Waals surface area contributed by atoms with Crippen LogP contribution >= 0.6 is 0 Å². The van der Waals surface area contributed by atoms with Crippen molar-refractivity contribution in [2.45, 2.75) is 83.7 Å². The number of hydrogen-bond donors (Lipinski definition) is 2. The molecule has 2 aliphatic carbocycles. The minimum atomic E-state index is -0.143. The average molecular weight is 394 g/mol. The lowest BCUT2D eigenvalue weighted by atomic mass is 9.89. The van der Waals surface area contributed by atoms with Gasteiger partial charge in [-0.2, -0.15) is 5.10 Å². The highest BCUT2D eigenvalue weighted by Crippen LogP contribution is 2.46. The summed E-state index contributed by atoms with van der Waals surface area (Å²) in [5, 5.41) is 10.7. The number of rotatable bonds is 4. The van der Waals surface area contributed by atoms with Gasteiger partial charge in [0.15, 0.2) is 0 Å². The van der Waals surface area contributed by atoms with Gasteiger partial charge in [0.2, 0.25) is 0 Å². The van der Waals surface area contributed by atoms with Crippen molar-refractivity contribution in [3.8, 4) is 11.1 Å². The molecule has 6 heteroatoms. The number of nitrogens with one attached hydrogen (secondary N) is 2. The molecule has 0 bridgehead atoms. The Morgan fingerprint density at radius 3 is 2.66 bits per heavy atom. The van der Waals surface area contributed by atoms with Gasteiger partial charge < -0.3 is 5.32 Å². The van der Waals surface area contributed by atoms with Gasteiger partial charge in [0.25, 0.3) is 0 Å². The number of hydrogen-bond acceptors (Lipinski definition) is 3. The van der Waals surface area contributed by atoms with E-state index in [4.69, 9.17) is 0 Å². The molecule has 2 fully saturated rings. The van der Waals surface area contributed by atoms with Crippen molar-refractivity contribution >= 4 is 11.8 Å². The molecule has 0 aromatic carbocycles. The highest BCUT2D eigenvalue weighted by atomic mass is 16.2. The first kappa shape index (κ1) is 18.6. The molecule has 2 saturated carbocycles. The molecule has 3 aliphatic rings. The Bertz CT molecular complexity index is 921. The second-order valence-electron chi connectivity index (χ2n) is 9.87. The second-order valence-corrected chi connectivity index (χ2v) is 9.87. The number of pyridine rings is 1. The molecule has 2 N–H and O–H groups in total. The fraction of sp³-hybridized carbons (Fsp3) is 0.609. The van der Waals surface area contributed by atoms with Gasteiger partial charge >= 0.3 is 6.03 Å². The summed E-state index contributed by atoms with van der Waals surface area (Å²) in [6.45, 7) is 5.55. The third kappa shape index (κ3) is 3.89. The van der Waals surface area contributed by atoms with Crippen LogP contribution < -0.4 is 10.6 Å². The predicted octanol–water partition coefficient (Wildman–Crippen LogP) is 4.86. The van der Waals surface area contributed by atoms with Gasteiger partial charge in [0.05, 0.1) is 6.20 Å². The molecule has 0 atom stereocenters. The van der Waals surface area contributed by atoms with E-state index in [1.54, 1.807) is 0 Å². The maximum atomic E-state index is 12.5. The van der Waals surface area contributed by atoms with Gasteiger partial charge in [-0.25, -0.2) is 9.78 Å². The molecule has 29 heavy (non-hydrogen) atoms. The Morgan fingerprint density at radius 2 is 1.90 bits per heavy atom. The molecule has 0 saturated heterocycles. The predicted molar refractivity (Wildman–Crippen MR) is 114 cm³/mol. The number of amides is 2. The maximum Gasteiger partial charge on any atom is 0.320 e. The number of carbonyl (C=O) groups excluding carboxylic acids is 1. The van der Waals surface area contributed by atoms with E-state index in [0.717, 1.165) is 25.8 Å². The van der Waals surface area contributed by atoms with E-state index in [9.17, 15) is 4.79 Å². The van der Waals surface area contributed by atoms with E-state index in [1.165, 1.54) is 54.5 Å². The molecule has 2 amide bonds. The van der Waals surface area contributed by atoms with Crippen LogP contribution in [0.25, 0.3) is 11.1 Å². The van der Waals surface area contributed by atoms with Crippen LogP contribution in [0.5, 0.6) is 0 Å². The Balaban J connectivity index is 1.40. The summed E-state index contributed by atoms with van der Waals surface area (Å²) in [6.07, 6.45) is 13.3. The Morgan fingerprint density at radius 1 is 1.10 bits per heavy atom. The molecule has 1 aliphatic heterocycles. The van der Waals surface area contributed by atoms with Gasteiger partial charge in [0.1, 0.15) is 5.82 Å². The molecule has 0 unspecified atom stereocenters. The number of anilines is 1. The first-order valence-electron chi connectivity index (χ1n) is 11.1. The zero-order valence-electron chi connectivity index (χ0n) is 17.5. The summed E-state index contributed by atoms with van der Waals surface area (Å²) in [4.78, 5) is 17.1. The zero-order valence-corrected chi connectivity index (χ0v) is 17.5. The Labute approximate surface area is 172 Å². The van der Waals surface area contributed by atoms with Gasteiger partial charge in [-0.1, -0.05) is 33.1 Å². The van der Waals surface area contributed by atoms with Crippen LogP contribution in [-0.4, -0.2) is 26.8 Å². The minimum absolute atomic E-state index is 0.143. The van der Waals surface area contributed by atoms with Crippen molar-refractivity contribution in [1.82, 2.24) is 20.1 Å². The molecule has 0 radical (unpaired) electrons. The van der Waals surface area contributed by atoms with Gasteiger partial charge in [-0.3, -0.25) is 10.00 Å². The fourth-order valence-corrected chi connectivity index (χ4v) is 4.94. The zero-order chi connectivity index (χ0) is 20.0. The molecular weight excluding hydrogens is 362 g/mol. The van der Waals surface area contributed by atoms with Gasteiger partial charge in [-0.05, 0) is 60.6 Å². The summed E-state index contributed by atoms with van der Waals surface area (Å²) >= 11 is 0. The summed E-state index contributed by atoms with van der Waals surface area (Å²) in [5.41, 5.74) is 5.24. The van der Waals surface area contributed by atoms with E-state index in [-0.39, 0.29) is 17.5 Å². The van der Waals surface area contributed by atoms with Crippen LogP contribution in [0, 0.1) is 5.41 Å². The average Bonchev–Trinajstić information content (AvgIpc) is 3.39. The van der Waals surface area contributed by atoms with Crippen molar-refractivity contribution < 1.29 is 4.79 Å². The van der Waals surface area contributed by atoms with Gasteiger partial charge in [-0.15, -0.1) is 0 Å². The minimum Gasteiger partial charge on any atom is -0.335 e. The maximum absolute atomic E-state index is 12.5. The monoisotopic (exact) mass is 393 g/mol. The molecule has 154 valence electrons. The number of nitrogens with zero attached hydrogens (tertiary/aromatic N) is 3. The molecular formula is C23H31N5O. The summed E-state index contributed by atoms with van der Waals surface area (Å²) in [5.74, 6) is 1.21. The smallest absolute Gasteiger partial charge is 0.320 e. The van der Waals surface area contributed by atoms with Crippen LogP contribution in [0.3, 0.4) is 0 Å². The SMILES string of the molecule is CC1(C)Cc2c(-c3cc(NC(=O)NC4CCCCC4)ncc3C3CC3)cnn2C1. The summed E-state index contributed by atoms with van der Waals surface area (Å²) in [7, 11) is 0. The van der Waals surface area contributed by atoms with Crippen LogP contribution in [0.1, 0.15) is 76.0 Å². The van der Waals surface area contributed by atoms with E-state index in [2.05, 4.69) is 45.3 Å². The highest BCUT2D eigenvalue weighted by molar-refractivity contribution is 5.89. The number of carbonyl (C=O) groups is 1. The van der Waals surface area contributed by atoms with Crippen molar-refractivity contribution in [2.75, 3.05) is 5.32 Å². The topological polar surface area (TPSA) is 71.8 Å². The quantitative estimate of drug-likeness (QED) is 0.779. The summed E-state index contributed by atoms with van der Waals surface area (Å²) in [6, 6.07) is 2.20. The normalized spacial score (nSPS) is 21.0. The van der Waals surface area contributed by atoms with Crippen LogP contribution in [0.4, 0.5) is 10.6 Å². The van der Waals surface area contributed by atoms with Crippen LogP contribution in [0.15, 0.2) is 18.5 Å². The van der Waals surface area contributed by atoms with Crippen LogP contribution in [-0.2, 0) is 13.0 Å². The lowest BCUT2D eigenvalue weighted by Crippen LogP contribution is -2.39. The number of fused-ring (bicyclic) bond motifs is 1. The molecule has 2 aromatic heterocycles. The lowest BCUT2D eigenvalue weighted by molar-refractivity contribution is 0.244.